The van der Waals surface area contributed by atoms with Gasteiger partial charge in [0.25, 0.3) is 0 Å². The maximum atomic E-state index is 11.5. The predicted octanol–water partition coefficient (Wildman–Crippen LogP) is 0.656. The first-order chi connectivity index (χ1) is 9.66. The lowest BCUT2D eigenvalue weighted by atomic mass is 10.2. The summed E-state index contributed by atoms with van der Waals surface area (Å²) in [5.74, 6) is -0.758. The van der Waals surface area contributed by atoms with E-state index in [9.17, 15) is 9.59 Å². The van der Waals surface area contributed by atoms with E-state index < -0.39 is 5.97 Å². The third kappa shape index (κ3) is 2.34. The van der Waals surface area contributed by atoms with E-state index in [-0.39, 0.29) is 17.4 Å². The van der Waals surface area contributed by atoms with Crippen LogP contribution in [-0.2, 0) is 11.3 Å². The molecule has 2 aromatic rings. The normalized spacial score (nSPS) is 14.4. The lowest BCUT2D eigenvalue weighted by Crippen LogP contribution is -2.28. The number of aromatic nitrogens is 3. The molecule has 1 aromatic carbocycles. The summed E-state index contributed by atoms with van der Waals surface area (Å²) in [6.45, 7) is 0.934. The van der Waals surface area contributed by atoms with Crippen LogP contribution in [0.5, 0.6) is 0 Å². The van der Waals surface area contributed by atoms with Gasteiger partial charge in [0.2, 0.25) is 5.91 Å². The van der Waals surface area contributed by atoms with Crippen LogP contribution in [-0.4, -0.2) is 38.5 Å². The quantitative estimate of drug-likeness (QED) is 0.834. The molecule has 7 nitrogen and oxygen atoms in total. The van der Waals surface area contributed by atoms with E-state index in [1.54, 1.807) is 16.8 Å². The number of benzene rings is 1. The fraction of sp³-hybridized carbons (Fsp3) is 0.385. The minimum Gasteiger partial charge on any atom is -0.478 e. The van der Waals surface area contributed by atoms with Gasteiger partial charge in [0.1, 0.15) is 5.52 Å². The summed E-state index contributed by atoms with van der Waals surface area (Å²) in [4.78, 5) is 22.6. The van der Waals surface area contributed by atoms with Gasteiger partial charge < -0.3 is 10.4 Å². The van der Waals surface area contributed by atoms with Gasteiger partial charge in [-0.15, -0.1) is 5.10 Å². The number of carbonyl (C=O) groups excluding carboxylic acids is 1. The van der Waals surface area contributed by atoms with Crippen molar-refractivity contribution in [3.8, 4) is 0 Å². The van der Waals surface area contributed by atoms with Gasteiger partial charge in [0.05, 0.1) is 17.6 Å². The van der Waals surface area contributed by atoms with Crippen LogP contribution in [0.4, 0.5) is 0 Å². The molecule has 2 N–H and O–H groups in total. The number of nitrogens with zero attached hydrogens (tertiary/aromatic N) is 3. The zero-order valence-electron chi connectivity index (χ0n) is 10.7. The molecular weight excluding hydrogens is 260 g/mol. The Kier molecular flexibility index (Phi) is 3.09. The van der Waals surface area contributed by atoms with Crippen molar-refractivity contribution in [3.05, 3.63) is 23.8 Å². The molecule has 1 aliphatic rings. The van der Waals surface area contributed by atoms with Crippen molar-refractivity contribution in [2.24, 2.45) is 5.92 Å². The number of carbonyl (C=O) groups is 2. The summed E-state index contributed by atoms with van der Waals surface area (Å²) in [5, 5.41) is 19.8. The first kappa shape index (κ1) is 12.6. The van der Waals surface area contributed by atoms with Crippen LogP contribution >= 0.6 is 0 Å². The number of amides is 1. The van der Waals surface area contributed by atoms with E-state index in [0.29, 0.717) is 24.1 Å². The molecule has 0 saturated heterocycles. The number of aromatic carboxylic acids is 1. The minimum atomic E-state index is -1.02. The molecule has 104 valence electrons. The zero-order valence-corrected chi connectivity index (χ0v) is 10.7. The third-order valence-corrected chi connectivity index (χ3v) is 3.35. The molecule has 0 unspecified atom stereocenters. The third-order valence-electron chi connectivity index (χ3n) is 3.35. The highest BCUT2D eigenvalue weighted by molar-refractivity contribution is 6.00. The average Bonchev–Trinajstić information content (AvgIpc) is 3.20. The Labute approximate surface area is 114 Å². The van der Waals surface area contributed by atoms with Gasteiger partial charge in [0, 0.05) is 12.5 Å². The van der Waals surface area contributed by atoms with Crippen molar-refractivity contribution < 1.29 is 14.7 Å². The van der Waals surface area contributed by atoms with Gasteiger partial charge in [-0.25, -0.2) is 9.48 Å². The lowest BCUT2D eigenvalue weighted by Gasteiger charge is -2.05. The zero-order chi connectivity index (χ0) is 14.1. The molecule has 3 rings (SSSR count). The van der Waals surface area contributed by atoms with Crippen molar-refractivity contribution in [2.45, 2.75) is 19.4 Å². The molecule has 20 heavy (non-hydrogen) atoms. The minimum absolute atomic E-state index is 0.0839. The van der Waals surface area contributed by atoms with Crippen molar-refractivity contribution in [3.63, 3.8) is 0 Å². The Morgan fingerprint density at radius 3 is 2.90 bits per heavy atom. The molecule has 1 aromatic heterocycles. The lowest BCUT2D eigenvalue weighted by molar-refractivity contribution is -0.122. The number of hydrogen-bond acceptors (Lipinski definition) is 4. The van der Waals surface area contributed by atoms with E-state index >= 15 is 0 Å². The van der Waals surface area contributed by atoms with E-state index in [2.05, 4.69) is 15.6 Å². The highest BCUT2D eigenvalue weighted by Crippen LogP contribution is 2.28. The molecule has 1 saturated carbocycles. The maximum absolute atomic E-state index is 11.5. The fourth-order valence-corrected chi connectivity index (χ4v) is 2.10. The number of nitrogens with one attached hydrogen (secondary N) is 1. The van der Waals surface area contributed by atoms with Gasteiger partial charge in [-0.05, 0) is 25.0 Å². The van der Waals surface area contributed by atoms with E-state index in [1.807, 2.05) is 0 Å². The van der Waals surface area contributed by atoms with Crippen LogP contribution in [0.3, 0.4) is 0 Å². The van der Waals surface area contributed by atoms with Crippen LogP contribution in [0.25, 0.3) is 11.0 Å². The van der Waals surface area contributed by atoms with Crippen LogP contribution in [0, 0.1) is 5.92 Å². The predicted molar refractivity (Wildman–Crippen MR) is 70.2 cm³/mol. The maximum Gasteiger partial charge on any atom is 0.338 e. The van der Waals surface area contributed by atoms with Crippen molar-refractivity contribution in [1.82, 2.24) is 20.3 Å². The van der Waals surface area contributed by atoms with Gasteiger partial charge in [-0.1, -0.05) is 11.3 Å². The summed E-state index contributed by atoms with van der Waals surface area (Å²) >= 11 is 0. The molecule has 0 bridgehead atoms. The van der Waals surface area contributed by atoms with Crippen molar-refractivity contribution in [1.29, 1.82) is 0 Å². The SMILES string of the molecule is O=C(O)c1cccc2c1nnn2CCNC(=O)C1CC1. The Balaban J connectivity index is 1.73. The monoisotopic (exact) mass is 274 g/mol. The molecule has 7 heteroatoms. The Morgan fingerprint density at radius 2 is 2.20 bits per heavy atom. The second kappa shape index (κ2) is 4.92. The second-order valence-corrected chi connectivity index (χ2v) is 4.86. The summed E-state index contributed by atoms with van der Waals surface area (Å²) in [7, 11) is 0. The van der Waals surface area contributed by atoms with Gasteiger partial charge >= 0.3 is 5.97 Å². The first-order valence-electron chi connectivity index (χ1n) is 6.50. The van der Waals surface area contributed by atoms with E-state index in [0.717, 1.165) is 12.8 Å². The van der Waals surface area contributed by atoms with Crippen LogP contribution in [0.2, 0.25) is 0 Å². The number of carboxylic acids is 1. The summed E-state index contributed by atoms with van der Waals surface area (Å²) in [6.07, 6.45) is 1.94. The van der Waals surface area contributed by atoms with Gasteiger partial charge in [0.15, 0.2) is 0 Å². The smallest absolute Gasteiger partial charge is 0.338 e. The molecule has 1 fully saturated rings. The summed E-state index contributed by atoms with van der Waals surface area (Å²) in [5.41, 5.74) is 1.16. The standard InChI is InChI=1S/C13H14N4O3/c18-12(8-4-5-8)14-6-7-17-10-3-1-2-9(13(19)20)11(10)15-16-17/h1-3,8H,4-7H2,(H,14,18)(H,19,20). The molecule has 0 atom stereocenters. The van der Waals surface area contributed by atoms with E-state index in [1.165, 1.54) is 6.07 Å². The topological polar surface area (TPSA) is 97.1 Å². The molecule has 0 aliphatic heterocycles. The summed E-state index contributed by atoms with van der Waals surface area (Å²) in [6, 6.07) is 4.93. The Hall–Kier alpha value is -2.44. The van der Waals surface area contributed by atoms with Gasteiger partial charge in [-0.2, -0.15) is 0 Å². The fourth-order valence-electron chi connectivity index (χ4n) is 2.10. The average molecular weight is 274 g/mol. The van der Waals surface area contributed by atoms with Crippen LogP contribution in [0.1, 0.15) is 23.2 Å². The van der Waals surface area contributed by atoms with Crippen molar-refractivity contribution >= 4 is 22.9 Å². The molecule has 0 spiro atoms. The van der Waals surface area contributed by atoms with Crippen molar-refractivity contribution in [2.75, 3.05) is 6.54 Å². The highest BCUT2D eigenvalue weighted by atomic mass is 16.4. The molecule has 0 radical (unpaired) electrons. The largest absolute Gasteiger partial charge is 0.478 e. The molecule has 1 amide bonds. The number of fused-ring (bicyclic) bond motifs is 1. The van der Waals surface area contributed by atoms with Gasteiger partial charge in [-0.3, -0.25) is 4.79 Å². The number of hydrogen-bond donors (Lipinski definition) is 2. The van der Waals surface area contributed by atoms with Crippen LogP contribution in [0.15, 0.2) is 18.2 Å². The van der Waals surface area contributed by atoms with E-state index in [4.69, 9.17) is 5.11 Å². The summed E-state index contributed by atoms with van der Waals surface area (Å²) < 4.78 is 1.61. The Bertz CT molecular complexity index is 675. The number of rotatable bonds is 5. The molecule has 1 aliphatic carbocycles. The van der Waals surface area contributed by atoms with Crippen LogP contribution < -0.4 is 5.32 Å². The molecule has 1 heterocycles. The second-order valence-electron chi connectivity index (χ2n) is 4.86. The molecular formula is C13H14N4O3. The number of carboxylic acid groups (broad SMARTS) is 1. The first-order valence-corrected chi connectivity index (χ1v) is 6.50. The Morgan fingerprint density at radius 1 is 1.40 bits per heavy atom. The highest BCUT2D eigenvalue weighted by Gasteiger charge is 2.29.